The van der Waals surface area contributed by atoms with E-state index in [1.807, 2.05) is 18.3 Å². The first-order valence-corrected chi connectivity index (χ1v) is 14.6. The third-order valence-electron chi connectivity index (χ3n) is 9.58. The highest BCUT2D eigenvalue weighted by molar-refractivity contribution is 5.83. The number of fused-ring (bicyclic) bond motifs is 4. The smallest absolute Gasteiger partial charge is 0.314 e. The third kappa shape index (κ3) is 4.93. The normalized spacial score (nSPS) is 27.6. The molecule has 1 saturated carbocycles. The van der Waals surface area contributed by atoms with Crippen LogP contribution in [0, 0.1) is 17.8 Å². The van der Waals surface area contributed by atoms with Crippen LogP contribution in [0.15, 0.2) is 66.9 Å². The lowest BCUT2D eigenvalue weighted by atomic mass is 9.72. The molecule has 7 rings (SSSR count). The number of hydrogen-bond acceptors (Lipinski definition) is 4. The molecule has 4 nitrogen and oxygen atoms in total. The van der Waals surface area contributed by atoms with Crippen molar-refractivity contribution in [2.24, 2.45) is 17.8 Å². The first kappa shape index (κ1) is 24.6. The van der Waals surface area contributed by atoms with Crippen molar-refractivity contribution in [1.29, 1.82) is 0 Å². The zero-order chi connectivity index (χ0) is 25.2. The highest BCUT2D eigenvalue weighted by Gasteiger charge is 2.45. The highest BCUT2D eigenvalue weighted by atomic mass is 16.5. The summed E-state index contributed by atoms with van der Waals surface area (Å²) in [6, 6.07) is 21.0. The van der Waals surface area contributed by atoms with Crippen LogP contribution in [0.25, 0.3) is 10.9 Å². The average Bonchev–Trinajstić information content (AvgIpc) is 2.97. The molecule has 194 valence electrons. The van der Waals surface area contributed by atoms with Crippen molar-refractivity contribution in [3.05, 3.63) is 78.0 Å². The van der Waals surface area contributed by atoms with Gasteiger partial charge < -0.3 is 4.74 Å². The van der Waals surface area contributed by atoms with Gasteiger partial charge in [-0.25, -0.2) is 0 Å². The molecule has 1 aromatic heterocycles. The number of carbonyl (C=O) groups is 1. The molecule has 0 radical (unpaired) electrons. The quantitative estimate of drug-likeness (QED) is 0.322. The third-order valence-corrected chi connectivity index (χ3v) is 9.58. The van der Waals surface area contributed by atoms with Crippen molar-refractivity contribution < 1.29 is 9.53 Å². The maximum Gasteiger partial charge on any atom is 0.314 e. The van der Waals surface area contributed by atoms with Crippen LogP contribution in [0.2, 0.25) is 0 Å². The van der Waals surface area contributed by atoms with Crippen LogP contribution in [0.4, 0.5) is 0 Å². The van der Waals surface area contributed by atoms with Crippen molar-refractivity contribution in [2.75, 3.05) is 13.1 Å². The SMILES string of the molecule is CC[C@H]1CN2CC[C@H]1C[C@H]2[C@H](OC(=O)C(c1ccccc1)C1CCCCC1)c1ccnc2ccccc12. The minimum absolute atomic E-state index is 0.0429. The predicted octanol–water partition coefficient (Wildman–Crippen LogP) is 7.30. The Morgan fingerprint density at radius 3 is 2.54 bits per heavy atom. The van der Waals surface area contributed by atoms with Gasteiger partial charge in [-0.3, -0.25) is 14.7 Å². The standard InChI is InChI=1S/C33H40N2O2/c1-2-23-22-35-20-18-26(23)21-30(35)32(28-17-19-34-29-16-10-9-15-27(28)29)37-33(36)31(24-11-5-3-6-12-24)25-13-7-4-8-14-25/h3,5-6,9-12,15-17,19,23,25-26,30-32H,2,4,7-8,13-14,18,20-22H2,1H3/t23-,26-,30-,31?,32+/m0/s1. The van der Waals surface area contributed by atoms with Crippen LogP contribution in [-0.2, 0) is 9.53 Å². The number of carbonyl (C=O) groups excluding carboxylic acids is 1. The van der Waals surface area contributed by atoms with Gasteiger partial charge in [-0.15, -0.1) is 0 Å². The zero-order valence-electron chi connectivity index (χ0n) is 22.1. The Labute approximate surface area is 221 Å². The van der Waals surface area contributed by atoms with E-state index in [0.29, 0.717) is 5.92 Å². The number of ether oxygens (including phenoxy) is 1. The Morgan fingerprint density at radius 1 is 1.00 bits per heavy atom. The lowest BCUT2D eigenvalue weighted by Gasteiger charge is -2.52. The summed E-state index contributed by atoms with van der Waals surface area (Å²) in [6.07, 6.45) is 11.1. The van der Waals surface area contributed by atoms with Crippen molar-refractivity contribution in [1.82, 2.24) is 9.88 Å². The number of hydrogen-bond donors (Lipinski definition) is 0. The van der Waals surface area contributed by atoms with E-state index in [0.717, 1.165) is 66.2 Å². The molecule has 4 aliphatic rings. The van der Waals surface area contributed by atoms with E-state index >= 15 is 0 Å². The van der Waals surface area contributed by atoms with Gasteiger partial charge in [0.15, 0.2) is 0 Å². The van der Waals surface area contributed by atoms with E-state index in [-0.39, 0.29) is 24.0 Å². The van der Waals surface area contributed by atoms with Crippen molar-refractivity contribution in [2.45, 2.75) is 76.4 Å². The van der Waals surface area contributed by atoms with Crippen LogP contribution in [0.1, 0.15) is 81.4 Å². The summed E-state index contributed by atoms with van der Waals surface area (Å²) < 4.78 is 6.77. The Bertz CT molecular complexity index is 1200. The van der Waals surface area contributed by atoms with Gasteiger partial charge in [0.05, 0.1) is 17.5 Å². The average molecular weight is 497 g/mol. The molecule has 3 aromatic rings. The monoisotopic (exact) mass is 496 g/mol. The molecule has 2 bridgehead atoms. The second kappa shape index (κ2) is 10.9. The number of piperidine rings is 3. The fourth-order valence-electron chi connectivity index (χ4n) is 7.60. The topological polar surface area (TPSA) is 42.4 Å². The van der Waals surface area contributed by atoms with Crippen LogP contribution >= 0.6 is 0 Å². The molecule has 3 aliphatic heterocycles. The lowest BCUT2D eigenvalue weighted by molar-refractivity contribution is -0.161. The number of benzene rings is 2. The molecule has 3 saturated heterocycles. The summed E-state index contributed by atoms with van der Waals surface area (Å²) in [6.45, 7) is 4.55. The summed E-state index contributed by atoms with van der Waals surface area (Å²) in [4.78, 5) is 21.5. The van der Waals surface area contributed by atoms with Crippen LogP contribution in [-0.4, -0.2) is 35.0 Å². The van der Waals surface area contributed by atoms with E-state index in [4.69, 9.17) is 4.74 Å². The van der Waals surface area contributed by atoms with Gasteiger partial charge in [0.25, 0.3) is 0 Å². The number of esters is 1. The second-order valence-electron chi connectivity index (χ2n) is 11.6. The molecule has 4 heterocycles. The molecule has 4 fully saturated rings. The number of para-hydroxylation sites is 1. The van der Waals surface area contributed by atoms with Crippen LogP contribution in [0.5, 0.6) is 0 Å². The minimum Gasteiger partial charge on any atom is -0.455 e. The van der Waals surface area contributed by atoms with Crippen LogP contribution < -0.4 is 0 Å². The van der Waals surface area contributed by atoms with E-state index in [9.17, 15) is 4.79 Å². The molecule has 0 amide bonds. The Balaban J connectivity index is 1.37. The van der Waals surface area contributed by atoms with Crippen molar-refractivity contribution in [3.8, 4) is 0 Å². The first-order valence-electron chi connectivity index (χ1n) is 14.6. The van der Waals surface area contributed by atoms with E-state index < -0.39 is 0 Å². The number of nitrogens with zero attached hydrogens (tertiary/aromatic N) is 2. The summed E-state index contributed by atoms with van der Waals surface area (Å²) >= 11 is 0. The van der Waals surface area contributed by atoms with Crippen LogP contribution in [0.3, 0.4) is 0 Å². The minimum atomic E-state index is -0.282. The number of rotatable bonds is 7. The summed E-state index contributed by atoms with van der Waals surface area (Å²) in [7, 11) is 0. The van der Waals surface area contributed by atoms with E-state index in [1.165, 1.54) is 32.1 Å². The predicted molar refractivity (Wildman–Crippen MR) is 148 cm³/mol. The van der Waals surface area contributed by atoms with Gasteiger partial charge in [-0.1, -0.05) is 81.1 Å². The second-order valence-corrected chi connectivity index (χ2v) is 11.6. The Kier molecular flexibility index (Phi) is 7.28. The van der Waals surface area contributed by atoms with Crippen molar-refractivity contribution in [3.63, 3.8) is 0 Å². The molecular weight excluding hydrogens is 456 g/mol. The zero-order valence-corrected chi connectivity index (χ0v) is 22.1. The summed E-state index contributed by atoms with van der Waals surface area (Å²) in [5.41, 5.74) is 3.18. The van der Waals surface area contributed by atoms with Gasteiger partial charge in [0.2, 0.25) is 0 Å². The molecular formula is C33H40N2O2. The molecule has 37 heavy (non-hydrogen) atoms. The lowest BCUT2D eigenvalue weighted by Crippen LogP contribution is -2.55. The molecule has 6 atom stereocenters. The van der Waals surface area contributed by atoms with Crippen molar-refractivity contribution >= 4 is 16.9 Å². The largest absolute Gasteiger partial charge is 0.455 e. The van der Waals surface area contributed by atoms with Gasteiger partial charge in [0.1, 0.15) is 6.10 Å². The maximum atomic E-state index is 14.3. The molecule has 1 aliphatic carbocycles. The molecule has 2 unspecified atom stereocenters. The van der Waals surface area contributed by atoms with Gasteiger partial charge in [0, 0.05) is 23.7 Å². The maximum absolute atomic E-state index is 14.3. The first-order chi connectivity index (χ1) is 18.2. The molecule has 0 N–H and O–H groups in total. The molecule has 4 heteroatoms. The van der Waals surface area contributed by atoms with Gasteiger partial charge >= 0.3 is 5.97 Å². The van der Waals surface area contributed by atoms with E-state index in [2.05, 4.69) is 65.3 Å². The number of pyridine rings is 1. The van der Waals surface area contributed by atoms with Gasteiger partial charge in [-0.2, -0.15) is 0 Å². The highest BCUT2D eigenvalue weighted by Crippen LogP contribution is 2.45. The van der Waals surface area contributed by atoms with E-state index in [1.54, 1.807) is 0 Å². The number of aromatic nitrogens is 1. The Morgan fingerprint density at radius 2 is 1.78 bits per heavy atom. The Hall–Kier alpha value is -2.72. The summed E-state index contributed by atoms with van der Waals surface area (Å²) in [5.74, 6) is 1.59. The molecule has 0 spiro atoms. The fourth-order valence-corrected chi connectivity index (χ4v) is 7.60. The van der Waals surface area contributed by atoms with Gasteiger partial charge in [-0.05, 0) is 67.7 Å². The summed E-state index contributed by atoms with van der Waals surface area (Å²) in [5, 5.41) is 1.10. The fraction of sp³-hybridized carbons (Fsp3) is 0.515. The molecule has 2 aromatic carbocycles.